The molecular formula is C23H23N3O5S2. The quantitative estimate of drug-likeness (QED) is 0.404. The molecule has 0 bridgehead atoms. The number of sulfonamides is 1. The van der Waals surface area contributed by atoms with Crippen LogP contribution in [0.4, 0.5) is 0 Å². The lowest BCUT2D eigenvalue weighted by molar-refractivity contribution is 0.0981. The van der Waals surface area contributed by atoms with Gasteiger partial charge in [-0.1, -0.05) is 24.3 Å². The van der Waals surface area contributed by atoms with Crippen molar-refractivity contribution in [2.45, 2.75) is 20.5 Å². The fraction of sp³-hybridized carbons (Fsp3) is 0.217. The van der Waals surface area contributed by atoms with Crippen LogP contribution in [0.3, 0.4) is 0 Å². The normalized spacial score (nSPS) is 11.5. The van der Waals surface area contributed by atoms with Gasteiger partial charge in [0.1, 0.15) is 34.3 Å². The van der Waals surface area contributed by atoms with Crippen molar-refractivity contribution in [2.24, 2.45) is 0 Å². The topological polar surface area (TPSA) is 99.5 Å². The number of carbonyl (C=O) groups is 1. The summed E-state index contributed by atoms with van der Waals surface area (Å²) in [5, 5.41) is 0.667. The highest BCUT2D eigenvalue weighted by atomic mass is 32.2. The SMILES string of the molecule is CCOc1ccc2c(c1)ncn2-c1cc(OCc2ccccc2C)c(C(=O)NS(C)(=O)=O)s1. The summed E-state index contributed by atoms with van der Waals surface area (Å²) in [5.41, 5.74) is 3.58. The number of nitrogens with one attached hydrogen (secondary N) is 1. The predicted molar refractivity (Wildman–Crippen MR) is 128 cm³/mol. The highest BCUT2D eigenvalue weighted by Crippen LogP contribution is 2.35. The maximum atomic E-state index is 12.7. The van der Waals surface area contributed by atoms with Gasteiger partial charge in [0.15, 0.2) is 0 Å². The minimum Gasteiger partial charge on any atom is -0.494 e. The molecule has 0 saturated heterocycles. The first-order valence-corrected chi connectivity index (χ1v) is 12.9. The zero-order chi connectivity index (χ0) is 23.6. The minimum atomic E-state index is -3.73. The van der Waals surface area contributed by atoms with Gasteiger partial charge in [-0.25, -0.2) is 18.1 Å². The van der Waals surface area contributed by atoms with Gasteiger partial charge < -0.3 is 9.47 Å². The lowest BCUT2D eigenvalue weighted by Crippen LogP contribution is -2.28. The van der Waals surface area contributed by atoms with E-state index in [2.05, 4.69) is 4.98 Å². The molecule has 1 N–H and O–H groups in total. The van der Waals surface area contributed by atoms with Crippen LogP contribution in [0.2, 0.25) is 0 Å². The van der Waals surface area contributed by atoms with Crippen LogP contribution in [0, 0.1) is 6.92 Å². The molecule has 0 atom stereocenters. The lowest BCUT2D eigenvalue weighted by Gasteiger charge is -2.09. The molecule has 0 aliphatic rings. The Labute approximate surface area is 195 Å². The van der Waals surface area contributed by atoms with Gasteiger partial charge in [-0.3, -0.25) is 9.36 Å². The summed E-state index contributed by atoms with van der Waals surface area (Å²) in [4.78, 5) is 17.3. The number of fused-ring (bicyclic) bond motifs is 1. The summed E-state index contributed by atoms with van der Waals surface area (Å²) in [6, 6.07) is 15.1. The standard InChI is InChI=1S/C23H23N3O5S2/c1-4-30-17-9-10-19-18(11-17)24-14-26(19)21-12-20(22(32-21)23(27)25-33(3,28)29)31-13-16-8-6-5-7-15(16)2/h5-12,14H,4,13H2,1-3H3,(H,25,27). The number of hydrogen-bond acceptors (Lipinski definition) is 7. The van der Waals surface area contributed by atoms with Gasteiger partial charge in [-0.2, -0.15) is 0 Å². The summed E-state index contributed by atoms with van der Waals surface area (Å²) in [5.74, 6) is 0.278. The third kappa shape index (κ3) is 5.18. The number of nitrogens with zero attached hydrogens (tertiary/aromatic N) is 2. The summed E-state index contributed by atoms with van der Waals surface area (Å²) in [6.45, 7) is 4.68. The summed E-state index contributed by atoms with van der Waals surface area (Å²) in [6.07, 6.45) is 2.59. The molecule has 4 aromatic rings. The van der Waals surface area contributed by atoms with Crippen molar-refractivity contribution in [3.63, 3.8) is 0 Å². The number of imidazole rings is 1. The second-order valence-corrected chi connectivity index (χ2v) is 10.2. The van der Waals surface area contributed by atoms with Gasteiger partial charge in [-0.05, 0) is 37.1 Å². The van der Waals surface area contributed by atoms with E-state index in [9.17, 15) is 13.2 Å². The molecule has 0 radical (unpaired) electrons. The van der Waals surface area contributed by atoms with Gasteiger partial charge in [0.05, 0.1) is 23.9 Å². The van der Waals surface area contributed by atoms with E-state index in [1.807, 2.05) is 65.6 Å². The van der Waals surface area contributed by atoms with Crippen LogP contribution in [0.5, 0.6) is 11.5 Å². The van der Waals surface area contributed by atoms with Crippen LogP contribution in [0.15, 0.2) is 54.9 Å². The van der Waals surface area contributed by atoms with Crippen LogP contribution < -0.4 is 14.2 Å². The zero-order valence-corrected chi connectivity index (χ0v) is 20.0. The first kappa shape index (κ1) is 22.8. The molecule has 0 aliphatic carbocycles. The Kier molecular flexibility index (Phi) is 6.39. The lowest BCUT2D eigenvalue weighted by atomic mass is 10.1. The Hall–Kier alpha value is -3.37. The van der Waals surface area contributed by atoms with Crippen LogP contribution in [0.1, 0.15) is 27.7 Å². The molecule has 0 saturated carbocycles. The molecule has 4 rings (SSSR count). The third-order valence-electron chi connectivity index (χ3n) is 4.88. The van der Waals surface area contributed by atoms with Crippen molar-refractivity contribution in [1.29, 1.82) is 0 Å². The third-order valence-corrected chi connectivity index (χ3v) is 6.55. The van der Waals surface area contributed by atoms with E-state index in [1.54, 1.807) is 12.4 Å². The molecule has 0 fully saturated rings. The molecule has 0 spiro atoms. The summed E-state index contributed by atoms with van der Waals surface area (Å²) in [7, 11) is -3.73. The Morgan fingerprint density at radius 2 is 1.94 bits per heavy atom. The van der Waals surface area contributed by atoms with Gasteiger partial charge in [0.25, 0.3) is 5.91 Å². The molecule has 2 heterocycles. The number of carbonyl (C=O) groups excluding carboxylic acids is 1. The van der Waals surface area contributed by atoms with Crippen molar-refractivity contribution >= 4 is 38.3 Å². The van der Waals surface area contributed by atoms with Crippen molar-refractivity contribution < 1.29 is 22.7 Å². The highest BCUT2D eigenvalue weighted by molar-refractivity contribution is 7.89. The first-order valence-electron chi connectivity index (χ1n) is 10.2. The van der Waals surface area contributed by atoms with Gasteiger partial charge >= 0.3 is 0 Å². The van der Waals surface area contributed by atoms with Gasteiger partial charge in [0, 0.05) is 12.1 Å². The second-order valence-electron chi connectivity index (χ2n) is 7.39. The van der Waals surface area contributed by atoms with E-state index in [0.717, 1.165) is 45.5 Å². The smallest absolute Gasteiger partial charge is 0.278 e. The Morgan fingerprint density at radius 1 is 1.15 bits per heavy atom. The number of benzene rings is 2. The molecule has 33 heavy (non-hydrogen) atoms. The summed E-state index contributed by atoms with van der Waals surface area (Å²) < 4.78 is 38.7. The van der Waals surface area contributed by atoms with E-state index in [-0.39, 0.29) is 11.5 Å². The number of amides is 1. The molecule has 2 aromatic carbocycles. The van der Waals surface area contributed by atoms with E-state index >= 15 is 0 Å². The predicted octanol–water partition coefficient (Wildman–Crippen LogP) is 4.06. The summed E-state index contributed by atoms with van der Waals surface area (Å²) >= 11 is 1.12. The fourth-order valence-corrected chi connectivity index (χ4v) is 4.80. The molecule has 10 heteroatoms. The van der Waals surface area contributed by atoms with Gasteiger partial charge in [0.2, 0.25) is 10.0 Å². The average Bonchev–Trinajstić information content (AvgIpc) is 3.36. The van der Waals surface area contributed by atoms with E-state index in [0.29, 0.717) is 17.4 Å². The maximum absolute atomic E-state index is 12.7. The first-order chi connectivity index (χ1) is 15.7. The van der Waals surface area contributed by atoms with E-state index in [1.165, 1.54) is 0 Å². The van der Waals surface area contributed by atoms with Crippen LogP contribution in [-0.4, -0.2) is 36.7 Å². The molecule has 1 amide bonds. The van der Waals surface area contributed by atoms with Crippen molar-refractivity contribution in [3.05, 3.63) is 70.9 Å². The number of rotatable bonds is 8. The highest BCUT2D eigenvalue weighted by Gasteiger charge is 2.22. The van der Waals surface area contributed by atoms with Crippen molar-refractivity contribution in [2.75, 3.05) is 12.9 Å². The Balaban J connectivity index is 1.72. The second kappa shape index (κ2) is 9.24. The zero-order valence-electron chi connectivity index (χ0n) is 18.4. The minimum absolute atomic E-state index is 0.164. The fourth-order valence-electron chi connectivity index (χ4n) is 3.31. The molecule has 172 valence electrons. The maximum Gasteiger partial charge on any atom is 0.278 e. The van der Waals surface area contributed by atoms with Crippen molar-refractivity contribution in [1.82, 2.24) is 14.3 Å². The molecule has 8 nitrogen and oxygen atoms in total. The van der Waals surface area contributed by atoms with Crippen LogP contribution in [-0.2, 0) is 16.6 Å². The number of hydrogen-bond donors (Lipinski definition) is 1. The Morgan fingerprint density at radius 3 is 2.67 bits per heavy atom. The molecule has 0 aliphatic heterocycles. The molecular weight excluding hydrogens is 462 g/mol. The monoisotopic (exact) mass is 485 g/mol. The van der Waals surface area contributed by atoms with Crippen LogP contribution in [0.25, 0.3) is 16.0 Å². The van der Waals surface area contributed by atoms with Gasteiger partial charge in [-0.15, -0.1) is 11.3 Å². The molecule has 0 unspecified atom stereocenters. The number of aryl methyl sites for hydroxylation is 1. The Bertz CT molecular complexity index is 1420. The number of aromatic nitrogens is 2. The average molecular weight is 486 g/mol. The number of thiophene rings is 1. The van der Waals surface area contributed by atoms with Crippen molar-refractivity contribution in [3.8, 4) is 16.5 Å². The number of ether oxygens (including phenoxy) is 2. The largest absolute Gasteiger partial charge is 0.494 e. The molecule has 2 aromatic heterocycles. The van der Waals surface area contributed by atoms with E-state index in [4.69, 9.17) is 9.47 Å². The van der Waals surface area contributed by atoms with E-state index < -0.39 is 15.9 Å². The van der Waals surface area contributed by atoms with Crippen LogP contribution >= 0.6 is 11.3 Å².